The van der Waals surface area contributed by atoms with Crippen molar-refractivity contribution in [1.82, 2.24) is 0 Å². The Bertz CT molecular complexity index is 308. The molecule has 16 heavy (non-hydrogen) atoms. The van der Waals surface area contributed by atoms with Crippen LogP contribution in [0.1, 0.15) is 36.8 Å². The summed E-state index contributed by atoms with van der Waals surface area (Å²) in [5.74, 6) is 0.993. The number of unbranched alkanes of at least 4 members (excludes halogenated alkanes) is 3. The number of benzene rings is 1. The lowest BCUT2D eigenvalue weighted by Gasteiger charge is -2.09. The van der Waals surface area contributed by atoms with E-state index in [2.05, 4.69) is 26.0 Å². The first kappa shape index (κ1) is 13.0. The van der Waals surface area contributed by atoms with E-state index in [9.17, 15) is 0 Å². The lowest BCUT2D eigenvalue weighted by molar-refractivity contribution is 0.273. The summed E-state index contributed by atoms with van der Waals surface area (Å²) in [4.78, 5) is 0. The van der Waals surface area contributed by atoms with Crippen molar-refractivity contribution in [2.75, 3.05) is 13.2 Å². The summed E-state index contributed by atoms with van der Waals surface area (Å²) >= 11 is 0. The minimum atomic E-state index is 0.303. The van der Waals surface area contributed by atoms with Crippen LogP contribution in [-0.2, 0) is 0 Å². The van der Waals surface area contributed by atoms with Gasteiger partial charge in [0, 0.05) is 6.61 Å². The Hall–Kier alpha value is -1.02. The Morgan fingerprint density at radius 1 is 1.06 bits per heavy atom. The van der Waals surface area contributed by atoms with Gasteiger partial charge < -0.3 is 9.84 Å². The van der Waals surface area contributed by atoms with Crippen molar-refractivity contribution in [2.45, 2.75) is 39.5 Å². The fraction of sp³-hybridized carbons (Fsp3) is 0.571. The van der Waals surface area contributed by atoms with Crippen molar-refractivity contribution in [3.8, 4) is 5.75 Å². The average molecular weight is 222 g/mol. The SMILES string of the molecule is Cc1ccc(OCCCCCCO)c(C)c1. The first-order chi connectivity index (χ1) is 7.74. The van der Waals surface area contributed by atoms with Crippen LogP contribution in [0.4, 0.5) is 0 Å². The molecule has 0 fully saturated rings. The Kier molecular flexibility index (Phi) is 5.94. The summed E-state index contributed by atoms with van der Waals surface area (Å²) in [6.45, 7) is 5.24. The summed E-state index contributed by atoms with van der Waals surface area (Å²) < 4.78 is 5.71. The van der Waals surface area contributed by atoms with Crippen LogP contribution in [-0.4, -0.2) is 18.3 Å². The second-order valence-corrected chi connectivity index (χ2v) is 4.26. The zero-order chi connectivity index (χ0) is 11.8. The summed E-state index contributed by atoms with van der Waals surface area (Å²) in [5, 5.41) is 8.63. The minimum Gasteiger partial charge on any atom is -0.493 e. The van der Waals surface area contributed by atoms with Crippen molar-refractivity contribution in [2.24, 2.45) is 0 Å². The van der Waals surface area contributed by atoms with Crippen LogP contribution in [0.3, 0.4) is 0 Å². The highest BCUT2D eigenvalue weighted by atomic mass is 16.5. The smallest absolute Gasteiger partial charge is 0.122 e. The van der Waals surface area contributed by atoms with Crippen molar-refractivity contribution in [3.05, 3.63) is 29.3 Å². The van der Waals surface area contributed by atoms with Gasteiger partial charge in [0.1, 0.15) is 5.75 Å². The van der Waals surface area contributed by atoms with Crippen LogP contribution in [0.5, 0.6) is 5.75 Å². The number of aliphatic hydroxyl groups is 1. The molecule has 0 aliphatic rings. The van der Waals surface area contributed by atoms with Gasteiger partial charge in [0.2, 0.25) is 0 Å². The molecule has 0 aliphatic carbocycles. The van der Waals surface area contributed by atoms with E-state index in [-0.39, 0.29) is 0 Å². The predicted molar refractivity (Wildman–Crippen MR) is 67.0 cm³/mol. The molecular formula is C14H22O2. The van der Waals surface area contributed by atoms with E-state index in [1.165, 1.54) is 11.1 Å². The summed E-state index contributed by atoms with van der Waals surface area (Å²) in [7, 11) is 0. The number of hydrogen-bond acceptors (Lipinski definition) is 2. The molecule has 0 amide bonds. The molecule has 0 saturated heterocycles. The normalized spacial score (nSPS) is 10.4. The van der Waals surface area contributed by atoms with Gasteiger partial charge in [0.05, 0.1) is 6.61 Å². The molecule has 0 atom stereocenters. The van der Waals surface area contributed by atoms with E-state index in [4.69, 9.17) is 9.84 Å². The largest absolute Gasteiger partial charge is 0.493 e. The van der Waals surface area contributed by atoms with Gasteiger partial charge in [-0.2, -0.15) is 0 Å². The summed E-state index contributed by atoms with van der Waals surface area (Å²) in [6, 6.07) is 6.26. The van der Waals surface area contributed by atoms with E-state index >= 15 is 0 Å². The lowest BCUT2D eigenvalue weighted by Crippen LogP contribution is -1.99. The molecule has 0 bridgehead atoms. The van der Waals surface area contributed by atoms with Gasteiger partial charge in [0.15, 0.2) is 0 Å². The molecule has 1 aromatic carbocycles. The Balaban J connectivity index is 2.21. The number of hydrogen-bond donors (Lipinski definition) is 1. The van der Waals surface area contributed by atoms with E-state index < -0.39 is 0 Å². The van der Waals surface area contributed by atoms with Gasteiger partial charge in [-0.1, -0.05) is 24.1 Å². The Labute approximate surface area is 98.3 Å². The van der Waals surface area contributed by atoms with E-state index in [1.54, 1.807) is 0 Å². The summed E-state index contributed by atoms with van der Waals surface area (Å²) in [6.07, 6.45) is 4.19. The minimum absolute atomic E-state index is 0.303. The molecule has 0 spiro atoms. The van der Waals surface area contributed by atoms with Gasteiger partial charge in [-0.15, -0.1) is 0 Å². The Morgan fingerprint density at radius 3 is 2.50 bits per heavy atom. The van der Waals surface area contributed by atoms with Crippen molar-refractivity contribution < 1.29 is 9.84 Å². The fourth-order valence-electron chi connectivity index (χ4n) is 1.71. The number of ether oxygens (including phenoxy) is 1. The van der Waals surface area contributed by atoms with Gasteiger partial charge in [-0.3, -0.25) is 0 Å². The molecular weight excluding hydrogens is 200 g/mol. The molecule has 0 saturated carbocycles. The molecule has 1 aromatic rings. The first-order valence-corrected chi connectivity index (χ1v) is 6.05. The van der Waals surface area contributed by atoms with Crippen molar-refractivity contribution in [1.29, 1.82) is 0 Å². The van der Waals surface area contributed by atoms with Crippen LogP contribution in [0.25, 0.3) is 0 Å². The van der Waals surface area contributed by atoms with Crippen LogP contribution in [0.2, 0.25) is 0 Å². The maximum Gasteiger partial charge on any atom is 0.122 e. The van der Waals surface area contributed by atoms with Gasteiger partial charge in [-0.05, 0) is 44.7 Å². The standard InChI is InChI=1S/C14H22O2/c1-12-7-8-14(13(2)11-12)16-10-6-4-3-5-9-15/h7-8,11,15H,3-6,9-10H2,1-2H3. The molecule has 0 aromatic heterocycles. The van der Waals surface area contributed by atoms with E-state index in [0.717, 1.165) is 38.0 Å². The highest BCUT2D eigenvalue weighted by Gasteiger charge is 1.98. The summed E-state index contributed by atoms with van der Waals surface area (Å²) in [5.41, 5.74) is 2.48. The first-order valence-electron chi connectivity index (χ1n) is 6.05. The predicted octanol–water partition coefficient (Wildman–Crippen LogP) is 3.23. The quantitative estimate of drug-likeness (QED) is 0.718. The molecule has 0 heterocycles. The topological polar surface area (TPSA) is 29.5 Å². The highest BCUT2D eigenvalue weighted by molar-refractivity contribution is 5.35. The van der Waals surface area contributed by atoms with Crippen LogP contribution in [0, 0.1) is 13.8 Å². The monoisotopic (exact) mass is 222 g/mol. The molecule has 2 heteroatoms. The van der Waals surface area contributed by atoms with E-state index in [0.29, 0.717) is 6.61 Å². The molecule has 1 N–H and O–H groups in total. The van der Waals surface area contributed by atoms with E-state index in [1.807, 2.05) is 6.07 Å². The maximum atomic E-state index is 8.63. The van der Waals surface area contributed by atoms with Crippen molar-refractivity contribution in [3.63, 3.8) is 0 Å². The van der Waals surface area contributed by atoms with Gasteiger partial charge >= 0.3 is 0 Å². The molecule has 90 valence electrons. The highest BCUT2D eigenvalue weighted by Crippen LogP contribution is 2.19. The van der Waals surface area contributed by atoms with Crippen LogP contribution in [0.15, 0.2) is 18.2 Å². The molecule has 2 nitrogen and oxygen atoms in total. The second-order valence-electron chi connectivity index (χ2n) is 4.26. The zero-order valence-electron chi connectivity index (χ0n) is 10.3. The van der Waals surface area contributed by atoms with Crippen LogP contribution < -0.4 is 4.74 Å². The second kappa shape index (κ2) is 7.29. The molecule has 0 aliphatic heterocycles. The molecule has 0 radical (unpaired) electrons. The van der Waals surface area contributed by atoms with Crippen molar-refractivity contribution >= 4 is 0 Å². The zero-order valence-corrected chi connectivity index (χ0v) is 10.3. The van der Waals surface area contributed by atoms with Crippen LogP contribution >= 0.6 is 0 Å². The maximum absolute atomic E-state index is 8.63. The number of aliphatic hydroxyl groups excluding tert-OH is 1. The Morgan fingerprint density at radius 2 is 1.81 bits per heavy atom. The third kappa shape index (κ3) is 4.67. The number of rotatable bonds is 7. The van der Waals surface area contributed by atoms with Gasteiger partial charge in [-0.25, -0.2) is 0 Å². The average Bonchev–Trinajstić information content (AvgIpc) is 2.26. The third-order valence-corrected chi connectivity index (χ3v) is 2.64. The molecule has 0 unspecified atom stereocenters. The third-order valence-electron chi connectivity index (χ3n) is 2.64. The van der Waals surface area contributed by atoms with Gasteiger partial charge in [0.25, 0.3) is 0 Å². The fourth-order valence-corrected chi connectivity index (χ4v) is 1.71. The molecule has 1 rings (SSSR count). The lowest BCUT2D eigenvalue weighted by atomic mass is 10.1. The number of aryl methyl sites for hydroxylation is 2.